The van der Waals surface area contributed by atoms with Crippen molar-refractivity contribution in [1.82, 2.24) is 10.2 Å². The van der Waals surface area contributed by atoms with Crippen LogP contribution in [0.1, 0.15) is 11.3 Å². The maximum absolute atomic E-state index is 11.8. The Hall–Kier alpha value is -2.09. The van der Waals surface area contributed by atoms with Gasteiger partial charge in [-0.15, -0.1) is 11.3 Å². The van der Waals surface area contributed by atoms with Crippen LogP contribution in [0.5, 0.6) is 0 Å². The Morgan fingerprint density at radius 1 is 1.50 bits per heavy atom. The number of carbonyl (C=O) groups excluding carboxylic acids is 2. The van der Waals surface area contributed by atoms with Crippen LogP contribution in [0.2, 0.25) is 0 Å². The molecule has 0 unspecified atom stereocenters. The van der Waals surface area contributed by atoms with E-state index in [2.05, 4.69) is 5.32 Å². The highest BCUT2D eigenvalue weighted by Gasteiger charge is 2.23. The number of primary amides is 1. The molecule has 0 aliphatic carbocycles. The molecule has 1 rings (SSSR count). The van der Waals surface area contributed by atoms with Crippen molar-refractivity contribution in [1.29, 1.82) is 0 Å². The van der Waals surface area contributed by atoms with Crippen molar-refractivity contribution < 1.29 is 19.5 Å². The molecular formula is C12H17N3O4S. The van der Waals surface area contributed by atoms with Crippen LogP contribution in [0, 0.1) is 0 Å². The third-order valence-corrected chi connectivity index (χ3v) is 3.56. The van der Waals surface area contributed by atoms with Crippen LogP contribution in [-0.4, -0.2) is 47.5 Å². The smallest absolute Gasteiger partial charge is 0.326 e. The summed E-state index contributed by atoms with van der Waals surface area (Å²) in [7, 11) is 1.56. The van der Waals surface area contributed by atoms with E-state index in [-0.39, 0.29) is 0 Å². The first-order chi connectivity index (χ1) is 9.40. The fourth-order valence-electron chi connectivity index (χ4n) is 1.49. The molecule has 1 heterocycles. The summed E-state index contributed by atoms with van der Waals surface area (Å²) in [6.07, 6.45) is 0.259. The van der Waals surface area contributed by atoms with Crippen molar-refractivity contribution in [2.75, 3.05) is 13.6 Å². The number of carboxylic acid groups (broad SMARTS) is 1. The Balaban J connectivity index is 2.46. The van der Waals surface area contributed by atoms with Crippen molar-refractivity contribution >= 4 is 29.2 Å². The predicted octanol–water partition coefficient (Wildman–Crippen LogP) is 0.261. The third-order valence-electron chi connectivity index (χ3n) is 2.62. The van der Waals surface area contributed by atoms with Crippen molar-refractivity contribution in [3.63, 3.8) is 0 Å². The molecule has 0 aromatic carbocycles. The van der Waals surface area contributed by atoms with E-state index in [0.717, 1.165) is 4.88 Å². The summed E-state index contributed by atoms with van der Waals surface area (Å²) in [5.74, 6) is -2.07. The van der Waals surface area contributed by atoms with Gasteiger partial charge in [-0.2, -0.15) is 0 Å². The summed E-state index contributed by atoms with van der Waals surface area (Å²) in [5, 5.41) is 13.1. The number of nitrogens with zero attached hydrogens (tertiary/aromatic N) is 1. The Morgan fingerprint density at radius 2 is 2.20 bits per heavy atom. The molecule has 1 aromatic heterocycles. The van der Waals surface area contributed by atoms with Gasteiger partial charge >= 0.3 is 12.0 Å². The van der Waals surface area contributed by atoms with Crippen molar-refractivity contribution in [3.05, 3.63) is 22.4 Å². The summed E-state index contributed by atoms with van der Waals surface area (Å²) in [6, 6.07) is 2.04. The van der Waals surface area contributed by atoms with Crippen LogP contribution in [0.4, 0.5) is 4.79 Å². The Bertz CT molecular complexity index is 475. The molecule has 0 fully saturated rings. The maximum Gasteiger partial charge on any atom is 0.326 e. The first-order valence-corrected chi connectivity index (χ1v) is 6.83. The molecule has 4 N–H and O–H groups in total. The zero-order chi connectivity index (χ0) is 15.1. The first-order valence-electron chi connectivity index (χ1n) is 5.95. The standard InChI is InChI=1S/C12H17N3O4S/c1-15(5-4-8-3-2-6-20-8)12(19)14-9(11(17)18)7-10(13)16/h2-3,6,9H,4-5,7H2,1H3,(H2,13,16)(H,14,19)(H,17,18)/t9-/m1/s1. The molecule has 0 radical (unpaired) electrons. The molecule has 0 saturated carbocycles. The van der Waals surface area contributed by atoms with E-state index in [1.165, 1.54) is 4.90 Å². The number of likely N-dealkylation sites (N-methyl/N-ethyl adjacent to an activating group) is 1. The van der Waals surface area contributed by atoms with Crippen LogP contribution in [-0.2, 0) is 16.0 Å². The lowest BCUT2D eigenvalue weighted by Gasteiger charge is -2.20. The second-order valence-corrected chi connectivity index (χ2v) is 5.29. The molecule has 0 saturated heterocycles. The number of rotatable bonds is 7. The fourth-order valence-corrected chi connectivity index (χ4v) is 2.19. The third kappa shape index (κ3) is 5.27. The molecule has 20 heavy (non-hydrogen) atoms. The van der Waals surface area contributed by atoms with Crippen molar-refractivity contribution in [3.8, 4) is 0 Å². The molecular weight excluding hydrogens is 282 g/mol. The molecule has 0 aliphatic heterocycles. The number of carboxylic acids is 1. The van der Waals surface area contributed by atoms with E-state index < -0.39 is 30.4 Å². The second-order valence-electron chi connectivity index (χ2n) is 4.26. The minimum atomic E-state index is -1.30. The monoisotopic (exact) mass is 299 g/mol. The molecule has 0 spiro atoms. The minimum Gasteiger partial charge on any atom is -0.480 e. The highest BCUT2D eigenvalue weighted by atomic mass is 32.1. The van der Waals surface area contributed by atoms with Gasteiger partial charge in [0.1, 0.15) is 6.04 Å². The summed E-state index contributed by atoms with van der Waals surface area (Å²) in [4.78, 5) is 35.9. The number of aliphatic carboxylic acids is 1. The number of amides is 3. The molecule has 0 bridgehead atoms. The molecule has 3 amide bonds. The molecule has 110 valence electrons. The van der Waals surface area contributed by atoms with Gasteiger partial charge in [-0.3, -0.25) is 4.79 Å². The van der Waals surface area contributed by atoms with Crippen LogP contribution in [0.3, 0.4) is 0 Å². The average molecular weight is 299 g/mol. The Morgan fingerprint density at radius 3 is 2.70 bits per heavy atom. The molecule has 1 atom stereocenters. The normalized spacial score (nSPS) is 11.7. The molecule has 8 heteroatoms. The van der Waals surface area contributed by atoms with Crippen LogP contribution >= 0.6 is 11.3 Å². The Labute approximate surface area is 120 Å². The van der Waals surface area contributed by atoms with E-state index in [0.29, 0.717) is 13.0 Å². The SMILES string of the molecule is CN(CCc1cccs1)C(=O)N[C@H](CC(N)=O)C(=O)O. The fraction of sp³-hybridized carbons (Fsp3) is 0.417. The number of urea groups is 1. The van der Waals surface area contributed by atoms with Gasteiger partial charge in [0, 0.05) is 18.5 Å². The number of hydrogen-bond acceptors (Lipinski definition) is 4. The van der Waals surface area contributed by atoms with E-state index in [1.54, 1.807) is 18.4 Å². The average Bonchev–Trinajstić information content (AvgIpc) is 2.87. The van der Waals surface area contributed by atoms with Gasteiger partial charge in [-0.25, -0.2) is 9.59 Å². The number of thiophene rings is 1. The van der Waals surface area contributed by atoms with Crippen molar-refractivity contribution in [2.45, 2.75) is 18.9 Å². The lowest BCUT2D eigenvalue weighted by atomic mass is 10.2. The Kier molecular flexibility index (Phi) is 5.98. The van der Waals surface area contributed by atoms with E-state index in [1.807, 2.05) is 17.5 Å². The van der Waals surface area contributed by atoms with Gasteiger partial charge in [0.25, 0.3) is 0 Å². The highest BCUT2D eigenvalue weighted by Crippen LogP contribution is 2.09. The summed E-state index contributed by atoms with van der Waals surface area (Å²) < 4.78 is 0. The number of nitrogens with one attached hydrogen (secondary N) is 1. The van der Waals surface area contributed by atoms with Crippen LogP contribution < -0.4 is 11.1 Å². The van der Waals surface area contributed by atoms with E-state index in [4.69, 9.17) is 10.8 Å². The largest absolute Gasteiger partial charge is 0.480 e. The zero-order valence-electron chi connectivity index (χ0n) is 11.0. The van der Waals surface area contributed by atoms with E-state index in [9.17, 15) is 14.4 Å². The molecule has 0 aliphatic rings. The van der Waals surface area contributed by atoms with Gasteiger partial charge in [-0.05, 0) is 17.9 Å². The van der Waals surface area contributed by atoms with E-state index >= 15 is 0 Å². The summed E-state index contributed by atoms with van der Waals surface area (Å²) in [6.45, 7) is 0.454. The van der Waals surface area contributed by atoms with Gasteiger partial charge in [-0.1, -0.05) is 6.07 Å². The molecule has 7 nitrogen and oxygen atoms in total. The highest BCUT2D eigenvalue weighted by molar-refractivity contribution is 7.09. The topological polar surface area (TPSA) is 113 Å². The van der Waals surface area contributed by atoms with Gasteiger partial charge in [0.05, 0.1) is 6.42 Å². The lowest BCUT2D eigenvalue weighted by molar-refractivity contribution is -0.140. The lowest BCUT2D eigenvalue weighted by Crippen LogP contribution is -2.48. The van der Waals surface area contributed by atoms with Gasteiger partial charge in [0.2, 0.25) is 5.91 Å². The quantitative estimate of drug-likeness (QED) is 0.670. The first kappa shape index (κ1) is 16.0. The summed E-state index contributed by atoms with van der Waals surface area (Å²) >= 11 is 1.59. The predicted molar refractivity (Wildman–Crippen MR) is 74.4 cm³/mol. The minimum absolute atomic E-state index is 0.431. The number of carbonyl (C=O) groups is 3. The second kappa shape index (κ2) is 7.49. The van der Waals surface area contributed by atoms with Crippen molar-refractivity contribution in [2.24, 2.45) is 5.73 Å². The van der Waals surface area contributed by atoms with Gasteiger partial charge < -0.3 is 21.1 Å². The van der Waals surface area contributed by atoms with Crippen LogP contribution in [0.25, 0.3) is 0 Å². The maximum atomic E-state index is 11.8. The summed E-state index contributed by atoms with van der Waals surface area (Å²) in [5.41, 5.74) is 4.94. The van der Waals surface area contributed by atoms with Gasteiger partial charge in [0.15, 0.2) is 0 Å². The molecule has 1 aromatic rings. The van der Waals surface area contributed by atoms with Crippen LogP contribution in [0.15, 0.2) is 17.5 Å². The number of nitrogens with two attached hydrogens (primary N) is 1. The number of hydrogen-bond donors (Lipinski definition) is 3. The zero-order valence-corrected chi connectivity index (χ0v) is 11.9.